The third-order valence-electron chi connectivity index (χ3n) is 4.71. The Bertz CT molecular complexity index is 1030. The molecular formula is C25H23NO4. The molecule has 3 aromatic carbocycles. The first-order valence-electron chi connectivity index (χ1n) is 9.60. The lowest BCUT2D eigenvalue weighted by atomic mass is 10.0. The van der Waals surface area contributed by atoms with Gasteiger partial charge in [0.2, 0.25) is 0 Å². The predicted octanol–water partition coefficient (Wildman–Crippen LogP) is 4.04. The molecule has 152 valence electrons. The number of hydrogen-bond donors (Lipinski definition) is 0. The van der Waals surface area contributed by atoms with Crippen LogP contribution in [-0.2, 0) is 16.1 Å². The first-order valence-corrected chi connectivity index (χ1v) is 9.60. The highest BCUT2D eigenvalue weighted by atomic mass is 16.5. The Kier molecular flexibility index (Phi) is 6.75. The van der Waals surface area contributed by atoms with E-state index in [1.807, 2.05) is 37.3 Å². The van der Waals surface area contributed by atoms with Gasteiger partial charge in [-0.2, -0.15) is 0 Å². The molecule has 0 aromatic heterocycles. The molecule has 0 saturated carbocycles. The number of ketones is 1. The molecule has 3 aromatic rings. The standard InChI is InChI=1S/C25H23NO4/c1-18-8-10-19(11-9-18)16-26(2)23(27)17-30-25(29)22-14-12-21(13-15-22)24(28)20-6-4-3-5-7-20/h3-15H,16-17H2,1-2H3. The second-order valence-electron chi connectivity index (χ2n) is 7.08. The summed E-state index contributed by atoms with van der Waals surface area (Å²) in [7, 11) is 1.67. The summed E-state index contributed by atoms with van der Waals surface area (Å²) < 4.78 is 5.14. The van der Waals surface area contributed by atoms with E-state index in [9.17, 15) is 14.4 Å². The summed E-state index contributed by atoms with van der Waals surface area (Å²) >= 11 is 0. The second kappa shape index (κ2) is 9.65. The lowest BCUT2D eigenvalue weighted by Gasteiger charge is -2.17. The van der Waals surface area contributed by atoms with Crippen molar-refractivity contribution in [1.82, 2.24) is 4.90 Å². The van der Waals surface area contributed by atoms with E-state index in [1.165, 1.54) is 17.0 Å². The molecule has 0 bridgehead atoms. The summed E-state index contributed by atoms with van der Waals surface area (Å²) in [5.74, 6) is -1.02. The van der Waals surface area contributed by atoms with E-state index in [4.69, 9.17) is 4.74 Å². The van der Waals surface area contributed by atoms with Crippen LogP contribution < -0.4 is 0 Å². The van der Waals surface area contributed by atoms with Gasteiger partial charge in [0.1, 0.15) is 0 Å². The molecule has 0 unspecified atom stereocenters. The minimum atomic E-state index is -0.606. The summed E-state index contributed by atoms with van der Waals surface area (Å²) in [6.07, 6.45) is 0. The van der Waals surface area contributed by atoms with Crippen molar-refractivity contribution in [3.63, 3.8) is 0 Å². The number of nitrogens with zero attached hydrogens (tertiary/aromatic N) is 1. The van der Waals surface area contributed by atoms with Crippen molar-refractivity contribution in [3.8, 4) is 0 Å². The van der Waals surface area contributed by atoms with Crippen LogP contribution in [-0.4, -0.2) is 36.2 Å². The maximum atomic E-state index is 12.4. The summed E-state index contributed by atoms with van der Waals surface area (Å²) in [5, 5.41) is 0. The monoisotopic (exact) mass is 401 g/mol. The van der Waals surface area contributed by atoms with Crippen LogP contribution in [0.25, 0.3) is 0 Å². The molecule has 5 heteroatoms. The van der Waals surface area contributed by atoms with E-state index in [0.717, 1.165) is 11.1 Å². The van der Waals surface area contributed by atoms with Gasteiger partial charge in [0.05, 0.1) is 5.56 Å². The highest BCUT2D eigenvalue weighted by Crippen LogP contribution is 2.12. The SMILES string of the molecule is Cc1ccc(CN(C)C(=O)COC(=O)c2ccc(C(=O)c3ccccc3)cc2)cc1. The number of esters is 1. The van der Waals surface area contributed by atoms with Gasteiger partial charge in [0, 0.05) is 24.7 Å². The van der Waals surface area contributed by atoms with Crippen molar-refractivity contribution < 1.29 is 19.1 Å². The van der Waals surface area contributed by atoms with Gasteiger partial charge < -0.3 is 9.64 Å². The second-order valence-corrected chi connectivity index (χ2v) is 7.08. The van der Waals surface area contributed by atoms with Crippen LogP contribution in [0.15, 0.2) is 78.9 Å². The third kappa shape index (κ3) is 5.41. The number of likely N-dealkylation sites (N-methyl/N-ethyl adjacent to an activating group) is 1. The largest absolute Gasteiger partial charge is 0.452 e. The molecule has 30 heavy (non-hydrogen) atoms. The predicted molar refractivity (Wildman–Crippen MR) is 114 cm³/mol. The van der Waals surface area contributed by atoms with Gasteiger partial charge in [-0.05, 0) is 24.6 Å². The van der Waals surface area contributed by atoms with Crippen LogP contribution >= 0.6 is 0 Å². The maximum Gasteiger partial charge on any atom is 0.338 e. The fraction of sp³-hybridized carbons (Fsp3) is 0.160. The number of aryl methyl sites for hydroxylation is 1. The molecule has 0 fully saturated rings. The van der Waals surface area contributed by atoms with Crippen LogP contribution in [0.4, 0.5) is 0 Å². The Morgan fingerprint density at radius 1 is 0.767 bits per heavy atom. The third-order valence-corrected chi connectivity index (χ3v) is 4.71. The van der Waals surface area contributed by atoms with Crippen molar-refractivity contribution in [2.45, 2.75) is 13.5 Å². The molecule has 0 atom stereocenters. The Morgan fingerprint density at radius 3 is 1.97 bits per heavy atom. The van der Waals surface area contributed by atoms with Crippen molar-refractivity contribution in [2.75, 3.05) is 13.7 Å². The van der Waals surface area contributed by atoms with Gasteiger partial charge in [0.15, 0.2) is 12.4 Å². The number of benzene rings is 3. The van der Waals surface area contributed by atoms with Crippen molar-refractivity contribution in [1.29, 1.82) is 0 Å². The van der Waals surface area contributed by atoms with E-state index in [2.05, 4.69) is 0 Å². The zero-order chi connectivity index (χ0) is 21.5. The topological polar surface area (TPSA) is 63.7 Å². The van der Waals surface area contributed by atoms with Crippen LogP contribution in [0.1, 0.15) is 37.4 Å². The minimum Gasteiger partial charge on any atom is -0.452 e. The van der Waals surface area contributed by atoms with E-state index in [-0.39, 0.29) is 23.9 Å². The van der Waals surface area contributed by atoms with Crippen molar-refractivity contribution in [2.24, 2.45) is 0 Å². The molecule has 0 aliphatic heterocycles. The molecule has 0 aliphatic carbocycles. The van der Waals surface area contributed by atoms with Gasteiger partial charge in [0.25, 0.3) is 5.91 Å². The Hall–Kier alpha value is -3.73. The zero-order valence-corrected chi connectivity index (χ0v) is 17.0. The van der Waals surface area contributed by atoms with Gasteiger partial charge >= 0.3 is 5.97 Å². The number of rotatable bonds is 7. The lowest BCUT2D eigenvalue weighted by molar-refractivity contribution is -0.133. The van der Waals surface area contributed by atoms with Crippen LogP contribution in [0, 0.1) is 6.92 Å². The number of hydrogen-bond acceptors (Lipinski definition) is 4. The fourth-order valence-electron chi connectivity index (χ4n) is 2.89. The number of carbonyl (C=O) groups is 3. The number of carbonyl (C=O) groups excluding carboxylic acids is 3. The summed E-state index contributed by atoms with van der Waals surface area (Å²) in [6, 6.07) is 23.0. The molecule has 0 saturated heterocycles. The number of ether oxygens (including phenoxy) is 1. The first kappa shape index (κ1) is 21.0. The summed E-state index contributed by atoms with van der Waals surface area (Å²) in [4.78, 5) is 38.4. The summed E-state index contributed by atoms with van der Waals surface area (Å²) in [6.45, 7) is 2.10. The highest BCUT2D eigenvalue weighted by Gasteiger charge is 2.15. The normalized spacial score (nSPS) is 10.3. The zero-order valence-electron chi connectivity index (χ0n) is 17.0. The molecule has 0 spiro atoms. The Morgan fingerprint density at radius 2 is 1.33 bits per heavy atom. The Labute approximate surface area is 175 Å². The highest BCUT2D eigenvalue weighted by molar-refractivity contribution is 6.09. The van der Waals surface area contributed by atoms with Crippen LogP contribution in [0.2, 0.25) is 0 Å². The van der Waals surface area contributed by atoms with Crippen molar-refractivity contribution >= 4 is 17.7 Å². The van der Waals surface area contributed by atoms with E-state index in [1.54, 1.807) is 43.4 Å². The summed E-state index contributed by atoms with van der Waals surface area (Å²) in [5.41, 5.74) is 3.50. The molecule has 0 N–H and O–H groups in total. The molecule has 1 amide bonds. The number of amides is 1. The molecule has 5 nitrogen and oxygen atoms in total. The van der Waals surface area contributed by atoms with E-state index in [0.29, 0.717) is 17.7 Å². The first-order chi connectivity index (χ1) is 14.4. The van der Waals surface area contributed by atoms with Gasteiger partial charge in [-0.25, -0.2) is 4.79 Å². The Balaban J connectivity index is 1.53. The van der Waals surface area contributed by atoms with Gasteiger partial charge in [-0.15, -0.1) is 0 Å². The average Bonchev–Trinajstić information content (AvgIpc) is 2.79. The van der Waals surface area contributed by atoms with E-state index >= 15 is 0 Å². The minimum absolute atomic E-state index is 0.122. The average molecular weight is 401 g/mol. The quantitative estimate of drug-likeness (QED) is 0.443. The van der Waals surface area contributed by atoms with E-state index < -0.39 is 5.97 Å². The lowest BCUT2D eigenvalue weighted by Crippen LogP contribution is -2.30. The molecule has 0 aliphatic rings. The van der Waals surface area contributed by atoms with Crippen LogP contribution in [0.3, 0.4) is 0 Å². The van der Waals surface area contributed by atoms with Crippen LogP contribution in [0.5, 0.6) is 0 Å². The molecular weight excluding hydrogens is 378 g/mol. The van der Waals surface area contributed by atoms with Crippen molar-refractivity contribution in [3.05, 3.63) is 107 Å². The smallest absolute Gasteiger partial charge is 0.338 e. The maximum absolute atomic E-state index is 12.4. The molecule has 0 heterocycles. The molecule has 3 rings (SSSR count). The van der Waals surface area contributed by atoms with Gasteiger partial charge in [-0.1, -0.05) is 72.3 Å². The molecule has 0 radical (unpaired) electrons. The fourth-order valence-corrected chi connectivity index (χ4v) is 2.89. The van der Waals surface area contributed by atoms with Gasteiger partial charge in [-0.3, -0.25) is 9.59 Å².